The van der Waals surface area contributed by atoms with Crippen LogP contribution in [0.15, 0.2) is 10.9 Å². The summed E-state index contributed by atoms with van der Waals surface area (Å²) in [5.41, 5.74) is 0.824. The second kappa shape index (κ2) is 5.96. The average Bonchev–Trinajstić information content (AvgIpc) is 3.35. The third-order valence-electron chi connectivity index (χ3n) is 4.93. The van der Waals surface area contributed by atoms with Crippen molar-refractivity contribution in [1.82, 2.24) is 20.2 Å². The van der Waals surface area contributed by atoms with Crippen LogP contribution in [0.25, 0.3) is 0 Å². The van der Waals surface area contributed by atoms with Crippen molar-refractivity contribution in [3.63, 3.8) is 0 Å². The van der Waals surface area contributed by atoms with Crippen molar-refractivity contribution in [1.29, 1.82) is 0 Å². The normalized spacial score (nSPS) is 27.4. The molecule has 2 heterocycles. The lowest BCUT2D eigenvalue weighted by atomic mass is 9.78. The van der Waals surface area contributed by atoms with E-state index in [9.17, 15) is 9.59 Å². The molecule has 7 nitrogen and oxygen atoms in total. The van der Waals surface area contributed by atoms with E-state index in [0.717, 1.165) is 37.2 Å². The molecule has 2 N–H and O–H groups in total. The largest absolute Gasteiger partial charge is 0.378 e. The van der Waals surface area contributed by atoms with Gasteiger partial charge in [0.05, 0.1) is 18.9 Å². The molecule has 0 atom stereocenters. The summed E-state index contributed by atoms with van der Waals surface area (Å²) >= 11 is 0. The molecule has 3 fully saturated rings. The summed E-state index contributed by atoms with van der Waals surface area (Å²) in [7, 11) is 0. The number of aromatic nitrogens is 2. The summed E-state index contributed by atoms with van der Waals surface area (Å²) in [5.74, 6) is 1.57. The number of carbonyl (C=O) groups excluding carboxylic acids is 1. The number of carbonyl (C=O) groups is 1. The first-order valence-corrected chi connectivity index (χ1v) is 8.43. The molecule has 1 aliphatic heterocycles. The van der Waals surface area contributed by atoms with E-state index in [1.54, 1.807) is 11.0 Å². The zero-order chi connectivity index (χ0) is 15.8. The van der Waals surface area contributed by atoms with E-state index in [0.29, 0.717) is 32.2 Å². The summed E-state index contributed by atoms with van der Waals surface area (Å²) < 4.78 is 5.25. The van der Waals surface area contributed by atoms with Gasteiger partial charge >= 0.3 is 6.03 Å². The van der Waals surface area contributed by atoms with Gasteiger partial charge in [-0.25, -0.2) is 9.78 Å². The predicted molar refractivity (Wildman–Crippen MR) is 83.5 cm³/mol. The van der Waals surface area contributed by atoms with E-state index in [-0.39, 0.29) is 23.6 Å². The lowest BCUT2D eigenvalue weighted by Crippen LogP contribution is -2.52. The molecule has 2 amide bonds. The van der Waals surface area contributed by atoms with E-state index < -0.39 is 0 Å². The Morgan fingerprint density at radius 3 is 2.70 bits per heavy atom. The zero-order valence-electron chi connectivity index (χ0n) is 13.1. The Morgan fingerprint density at radius 2 is 2.00 bits per heavy atom. The standard InChI is InChI=1S/C16H22N4O3/c21-14-9-13(18-15(19-14)10-1-2-10)11-7-12(8-11)17-16(22)20-3-5-23-6-4-20/h9-12H,1-8H2,(H,17,22)(H,18,19,21). The number of ether oxygens (including phenoxy) is 1. The van der Waals surface area contributed by atoms with Gasteiger partial charge in [-0.2, -0.15) is 0 Å². The molecule has 1 aromatic heterocycles. The van der Waals surface area contributed by atoms with Crippen molar-refractivity contribution in [3.8, 4) is 0 Å². The van der Waals surface area contributed by atoms with Gasteiger partial charge in [-0.1, -0.05) is 0 Å². The quantitative estimate of drug-likeness (QED) is 0.868. The molecule has 1 aromatic rings. The number of amides is 2. The van der Waals surface area contributed by atoms with Gasteiger partial charge in [-0.3, -0.25) is 4.79 Å². The number of H-pyrrole nitrogens is 1. The fourth-order valence-electron chi connectivity index (χ4n) is 3.26. The Kier molecular flexibility index (Phi) is 3.80. The number of nitrogens with one attached hydrogen (secondary N) is 2. The minimum Gasteiger partial charge on any atom is -0.378 e. The molecule has 7 heteroatoms. The molecular formula is C16H22N4O3. The van der Waals surface area contributed by atoms with Crippen molar-refractivity contribution in [2.24, 2.45) is 0 Å². The molecule has 0 unspecified atom stereocenters. The van der Waals surface area contributed by atoms with Crippen molar-refractivity contribution < 1.29 is 9.53 Å². The van der Waals surface area contributed by atoms with Crippen LogP contribution in [0.5, 0.6) is 0 Å². The smallest absolute Gasteiger partial charge is 0.317 e. The summed E-state index contributed by atoms with van der Waals surface area (Å²) in [4.78, 5) is 33.2. The van der Waals surface area contributed by atoms with Gasteiger partial charge in [0.25, 0.3) is 5.56 Å². The number of hydrogen-bond acceptors (Lipinski definition) is 4. The van der Waals surface area contributed by atoms with Crippen LogP contribution in [-0.4, -0.2) is 53.2 Å². The lowest BCUT2D eigenvalue weighted by Gasteiger charge is -2.37. The van der Waals surface area contributed by atoms with Gasteiger partial charge in [0.2, 0.25) is 0 Å². The molecular weight excluding hydrogens is 296 g/mol. The molecule has 23 heavy (non-hydrogen) atoms. The minimum atomic E-state index is -0.0577. The molecule has 2 aliphatic carbocycles. The first kappa shape index (κ1) is 14.7. The van der Waals surface area contributed by atoms with Gasteiger partial charge in [0.1, 0.15) is 5.82 Å². The fraction of sp³-hybridized carbons (Fsp3) is 0.688. The third-order valence-corrected chi connectivity index (χ3v) is 4.93. The van der Waals surface area contributed by atoms with Crippen molar-refractivity contribution in [3.05, 3.63) is 27.9 Å². The van der Waals surface area contributed by atoms with Crippen molar-refractivity contribution in [2.75, 3.05) is 26.3 Å². The van der Waals surface area contributed by atoms with Crippen LogP contribution in [0.1, 0.15) is 49.0 Å². The van der Waals surface area contributed by atoms with Crippen LogP contribution in [0.4, 0.5) is 4.79 Å². The van der Waals surface area contributed by atoms with Gasteiger partial charge in [-0.15, -0.1) is 0 Å². The monoisotopic (exact) mass is 318 g/mol. The molecule has 2 saturated carbocycles. The molecule has 4 rings (SSSR count). The second-order valence-corrected chi connectivity index (χ2v) is 6.74. The number of nitrogens with zero attached hydrogens (tertiary/aromatic N) is 2. The summed E-state index contributed by atoms with van der Waals surface area (Å²) in [6.45, 7) is 2.54. The molecule has 1 saturated heterocycles. The molecule has 124 valence electrons. The Labute approximate surface area is 134 Å². The number of urea groups is 1. The van der Waals surface area contributed by atoms with E-state index in [4.69, 9.17) is 4.74 Å². The van der Waals surface area contributed by atoms with Crippen molar-refractivity contribution in [2.45, 2.75) is 43.6 Å². The van der Waals surface area contributed by atoms with Crippen molar-refractivity contribution >= 4 is 6.03 Å². The Hall–Kier alpha value is -1.89. The van der Waals surface area contributed by atoms with Gasteiger partial charge in [0, 0.05) is 37.0 Å². The number of rotatable bonds is 3. The number of aromatic amines is 1. The molecule has 3 aliphatic rings. The molecule has 0 radical (unpaired) electrons. The van der Waals surface area contributed by atoms with Gasteiger partial charge in [0.15, 0.2) is 0 Å². The molecule has 0 aromatic carbocycles. The van der Waals surface area contributed by atoms with Gasteiger partial charge in [-0.05, 0) is 25.7 Å². The third kappa shape index (κ3) is 3.24. The van der Waals surface area contributed by atoms with Crippen LogP contribution in [0, 0.1) is 0 Å². The highest BCUT2D eigenvalue weighted by Crippen LogP contribution is 2.40. The fourth-order valence-corrected chi connectivity index (χ4v) is 3.26. The van der Waals surface area contributed by atoms with Gasteiger partial charge < -0.3 is 19.9 Å². The van der Waals surface area contributed by atoms with Crippen LogP contribution >= 0.6 is 0 Å². The highest BCUT2D eigenvalue weighted by atomic mass is 16.5. The maximum absolute atomic E-state index is 12.1. The molecule has 0 spiro atoms. The highest BCUT2D eigenvalue weighted by molar-refractivity contribution is 5.74. The van der Waals surface area contributed by atoms with E-state index in [1.807, 2.05) is 0 Å². The Bertz CT molecular complexity index is 643. The zero-order valence-corrected chi connectivity index (χ0v) is 13.1. The maximum atomic E-state index is 12.1. The van der Waals surface area contributed by atoms with Crippen LogP contribution in [0.2, 0.25) is 0 Å². The first-order chi connectivity index (χ1) is 11.2. The summed E-state index contributed by atoms with van der Waals surface area (Å²) in [6.07, 6.45) is 3.96. The summed E-state index contributed by atoms with van der Waals surface area (Å²) in [5, 5.41) is 3.07. The van der Waals surface area contributed by atoms with E-state index >= 15 is 0 Å². The summed E-state index contributed by atoms with van der Waals surface area (Å²) in [6, 6.07) is 1.78. The second-order valence-electron chi connectivity index (χ2n) is 6.74. The van der Waals surface area contributed by atoms with E-state index in [1.165, 1.54) is 0 Å². The minimum absolute atomic E-state index is 0.00529. The van der Waals surface area contributed by atoms with Crippen LogP contribution in [-0.2, 0) is 4.74 Å². The predicted octanol–water partition coefficient (Wildman–Crippen LogP) is 0.935. The van der Waals surface area contributed by atoms with Crippen LogP contribution < -0.4 is 10.9 Å². The Balaban J connectivity index is 1.32. The topological polar surface area (TPSA) is 87.3 Å². The molecule has 0 bridgehead atoms. The van der Waals surface area contributed by atoms with Crippen LogP contribution in [0.3, 0.4) is 0 Å². The number of hydrogen-bond donors (Lipinski definition) is 2. The lowest BCUT2D eigenvalue weighted by molar-refractivity contribution is 0.0514. The average molecular weight is 318 g/mol. The maximum Gasteiger partial charge on any atom is 0.317 e. The van der Waals surface area contributed by atoms with E-state index in [2.05, 4.69) is 15.3 Å². The first-order valence-electron chi connectivity index (χ1n) is 8.43. The Morgan fingerprint density at radius 1 is 1.26 bits per heavy atom. The number of morpholine rings is 1. The highest BCUT2D eigenvalue weighted by Gasteiger charge is 2.35. The SMILES string of the molecule is O=C(NC1CC(c2cc(=O)[nH]c(C3CC3)n2)C1)N1CCOCC1.